The molecule has 1 heterocycles. The van der Waals surface area contributed by atoms with Gasteiger partial charge in [-0.2, -0.15) is 0 Å². The maximum absolute atomic E-state index is 13.0. The van der Waals surface area contributed by atoms with Crippen LogP contribution in [0.3, 0.4) is 0 Å². The van der Waals surface area contributed by atoms with E-state index >= 15 is 0 Å². The first-order valence-electron chi connectivity index (χ1n) is 13.0. The number of nitrogens with two attached hydrogens (primary N) is 1. The van der Waals surface area contributed by atoms with Crippen molar-refractivity contribution in [2.75, 3.05) is 0 Å². The van der Waals surface area contributed by atoms with Gasteiger partial charge in [0, 0.05) is 30.6 Å². The molecule has 2 amide bonds. The summed E-state index contributed by atoms with van der Waals surface area (Å²) in [6, 6.07) is 6.30. The fourth-order valence-electron chi connectivity index (χ4n) is 6.39. The first-order chi connectivity index (χ1) is 16.3. The molecule has 1 aromatic rings. The van der Waals surface area contributed by atoms with E-state index in [1.54, 1.807) is 0 Å². The third kappa shape index (κ3) is 5.62. The second kappa shape index (κ2) is 10.9. The van der Waals surface area contributed by atoms with Gasteiger partial charge in [0.1, 0.15) is 6.04 Å². The molecule has 2 aliphatic carbocycles. The molecule has 1 aromatic carbocycles. The zero-order chi connectivity index (χ0) is 24.2. The first kappa shape index (κ1) is 24.7. The molecule has 34 heavy (non-hydrogen) atoms. The molecule has 0 spiro atoms. The Morgan fingerprint density at radius 1 is 1.15 bits per heavy atom. The highest BCUT2D eigenvalue weighted by Gasteiger charge is 2.37. The lowest BCUT2D eigenvalue weighted by molar-refractivity contribution is -0.137. The van der Waals surface area contributed by atoms with Gasteiger partial charge in [-0.1, -0.05) is 44.7 Å². The average Bonchev–Trinajstić information content (AvgIpc) is 3.12. The summed E-state index contributed by atoms with van der Waals surface area (Å²) in [5.74, 6) is -0.659. The molecule has 186 valence electrons. The summed E-state index contributed by atoms with van der Waals surface area (Å²) in [5, 5.41) is 13.0. The van der Waals surface area contributed by atoms with Crippen molar-refractivity contribution < 1.29 is 19.5 Å². The minimum atomic E-state index is -1.00. The van der Waals surface area contributed by atoms with Crippen molar-refractivity contribution in [1.29, 1.82) is 0 Å². The monoisotopic (exact) mass is 469 g/mol. The van der Waals surface area contributed by atoms with Crippen molar-refractivity contribution in [2.24, 2.45) is 17.6 Å². The van der Waals surface area contributed by atoms with Crippen LogP contribution < -0.4 is 11.1 Å². The van der Waals surface area contributed by atoms with Crippen LogP contribution in [0, 0.1) is 11.8 Å². The van der Waals surface area contributed by atoms with Crippen molar-refractivity contribution in [3.8, 4) is 0 Å². The van der Waals surface area contributed by atoms with Gasteiger partial charge in [-0.15, -0.1) is 0 Å². The van der Waals surface area contributed by atoms with Crippen molar-refractivity contribution >= 4 is 17.8 Å². The van der Waals surface area contributed by atoms with Gasteiger partial charge in [-0.3, -0.25) is 14.4 Å². The van der Waals surface area contributed by atoms with Crippen LogP contribution in [0.1, 0.15) is 92.6 Å². The van der Waals surface area contributed by atoms with E-state index < -0.39 is 17.9 Å². The third-order valence-corrected chi connectivity index (χ3v) is 8.22. The SMILES string of the molecule is C[C@H]1CCC[C@H](Cc2ccc3c(c2)CN([C@@H](CCC(=O)O)C(N)=O)C3=O)[C@H]1NC1CCCCC1. The van der Waals surface area contributed by atoms with E-state index in [1.165, 1.54) is 61.8 Å². The number of hydrogen-bond donors (Lipinski definition) is 3. The second-order valence-corrected chi connectivity index (χ2v) is 10.7. The average molecular weight is 470 g/mol. The van der Waals surface area contributed by atoms with Crippen molar-refractivity contribution in [3.05, 3.63) is 34.9 Å². The van der Waals surface area contributed by atoms with E-state index in [-0.39, 0.29) is 18.7 Å². The maximum atomic E-state index is 13.0. The Bertz CT molecular complexity index is 911. The third-order valence-electron chi connectivity index (χ3n) is 8.22. The predicted molar refractivity (Wildman–Crippen MR) is 130 cm³/mol. The number of benzene rings is 1. The molecule has 0 aromatic heterocycles. The fourth-order valence-corrected chi connectivity index (χ4v) is 6.39. The zero-order valence-corrected chi connectivity index (χ0v) is 20.3. The molecular weight excluding hydrogens is 430 g/mol. The first-order valence-corrected chi connectivity index (χ1v) is 13.0. The number of carbonyl (C=O) groups is 3. The highest BCUT2D eigenvalue weighted by molar-refractivity contribution is 6.01. The lowest BCUT2D eigenvalue weighted by Crippen LogP contribution is -2.49. The van der Waals surface area contributed by atoms with Gasteiger partial charge in [-0.05, 0) is 67.6 Å². The predicted octanol–water partition coefficient (Wildman–Crippen LogP) is 3.63. The molecule has 2 fully saturated rings. The van der Waals surface area contributed by atoms with Crippen LogP contribution in [0.5, 0.6) is 0 Å². The Labute approximate surface area is 202 Å². The molecule has 7 heteroatoms. The number of rotatable bonds is 9. The van der Waals surface area contributed by atoms with Crippen LogP contribution in [-0.4, -0.2) is 45.9 Å². The Morgan fingerprint density at radius 3 is 2.62 bits per heavy atom. The molecule has 0 saturated heterocycles. The summed E-state index contributed by atoms with van der Waals surface area (Å²) in [4.78, 5) is 37.4. The lowest BCUT2D eigenvalue weighted by atomic mass is 9.74. The van der Waals surface area contributed by atoms with E-state index in [2.05, 4.69) is 18.3 Å². The number of nitrogens with zero attached hydrogens (tertiary/aromatic N) is 1. The Morgan fingerprint density at radius 2 is 1.91 bits per heavy atom. The van der Waals surface area contributed by atoms with Crippen molar-refractivity contribution in [2.45, 2.75) is 102 Å². The second-order valence-electron chi connectivity index (χ2n) is 10.7. The highest BCUT2D eigenvalue weighted by Crippen LogP contribution is 2.34. The fraction of sp³-hybridized carbons (Fsp3) is 0.667. The van der Waals surface area contributed by atoms with Crippen LogP contribution in [0.4, 0.5) is 0 Å². The molecule has 0 bridgehead atoms. The Hall–Kier alpha value is -2.41. The summed E-state index contributed by atoms with van der Waals surface area (Å²) in [6.07, 6.45) is 11.2. The van der Waals surface area contributed by atoms with Gasteiger partial charge in [-0.25, -0.2) is 0 Å². The Kier molecular flexibility index (Phi) is 7.91. The summed E-state index contributed by atoms with van der Waals surface area (Å²) in [6.45, 7) is 2.69. The molecule has 3 aliphatic rings. The van der Waals surface area contributed by atoms with Crippen molar-refractivity contribution in [3.63, 3.8) is 0 Å². The topological polar surface area (TPSA) is 113 Å². The number of carboxylic acids is 1. The smallest absolute Gasteiger partial charge is 0.303 e. The molecule has 4 rings (SSSR count). The molecule has 1 aliphatic heterocycles. The molecule has 4 N–H and O–H groups in total. The summed E-state index contributed by atoms with van der Waals surface area (Å²) >= 11 is 0. The molecule has 0 unspecified atom stereocenters. The maximum Gasteiger partial charge on any atom is 0.303 e. The molecule has 2 saturated carbocycles. The number of nitrogens with one attached hydrogen (secondary N) is 1. The molecular formula is C27H39N3O4. The minimum Gasteiger partial charge on any atom is -0.481 e. The summed E-state index contributed by atoms with van der Waals surface area (Å²) in [7, 11) is 0. The van der Waals surface area contributed by atoms with Crippen LogP contribution >= 0.6 is 0 Å². The number of carboxylic acid groups (broad SMARTS) is 1. The van der Waals surface area contributed by atoms with Crippen LogP contribution in [0.15, 0.2) is 18.2 Å². The lowest BCUT2D eigenvalue weighted by Gasteiger charge is -2.40. The van der Waals surface area contributed by atoms with Crippen LogP contribution in [0.25, 0.3) is 0 Å². The van der Waals surface area contributed by atoms with E-state index in [1.807, 2.05) is 12.1 Å². The zero-order valence-electron chi connectivity index (χ0n) is 20.3. The Balaban J connectivity index is 1.45. The number of primary amides is 1. The van der Waals surface area contributed by atoms with Gasteiger partial charge in [0.05, 0.1) is 0 Å². The summed E-state index contributed by atoms with van der Waals surface area (Å²) < 4.78 is 0. The van der Waals surface area contributed by atoms with Gasteiger partial charge in [0.25, 0.3) is 5.91 Å². The number of hydrogen-bond acceptors (Lipinski definition) is 4. The summed E-state index contributed by atoms with van der Waals surface area (Å²) in [5.41, 5.74) is 8.26. The molecule has 4 atom stereocenters. The van der Waals surface area contributed by atoms with E-state index in [0.717, 1.165) is 12.0 Å². The van der Waals surface area contributed by atoms with Gasteiger partial charge < -0.3 is 21.1 Å². The van der Waals surface area contributed by atoms with E-state index in [0.29, 0.717) is 36.0 Å². The standard InChI is InChI=1S/C27H39N3O4/c1-17-6-5-7-19(25(17)29-21-8-3-2-4-9-21)14-18-10-11-22-20(15-18)16-30(27(22)34)23(26(28)33)12-13-24(31)32/h10-11,15,17,19,21,23,25,29H,2-9,12-14,16H2,1H3,(H2,28,33)(H,31,32)/t17-,19+,23-,25-/m0/s1. The van der Waals surface area contributed by atoms with Gasteiger partial charge >= 0.3 is 5.97 Å². The van der Waals surface area contributed by atoms with E-state index in [9.17, 15) is 14.4 Å². The number of carbonyl (C=O) groups excluding carboxylic acids is 2. The van der Waals surface area contributed by atoms with Gasteiger partial charge in [0.15, 0.2) is 0 Å². The highest BCUT2D eigenvalue weighted by atomic mass is 16.4. The quantitative estimate of drug-likeness (QED) is 0.511. The molecule has 0 radical (unpaired) electrons. The van der Waals surface area contributed by atoms with Crippen LogP contribution in [-0.2, 0) is 22.6 Å². The number of amides is 2. The normalized spacial score (nSPS) is 26.3. The van der Waals surface area contributed by atoms with Crippen molar-refractivity contribution in [1.82, 2.24) is 10.2 Å². The largest absolute Gasteiger partial charge is 0.481 e. The number of fused-ring (bicyclic) bond motifs is 1. The molecule has 7 nitrogen and oxygen atoms in total. The van der Waals surface area contributed by atoms with E-state index in [4.69, 9.17) is 10.8 Å². The minimum absolute atomic E-state index is 0.0335. The van der Waals surface area contributed by atoms with Gasteiger partial charge in [0.2, 0.25) is 5.91 Å². The van der Waals surface area contributed by atoms with Crippen LogP contribution in [0.2, 0.25) is 0 Å². The number of aliphatic carboxylic acids is 1.